The lowest BCUT2D eigenvalue weighted by Crippen LogP contribution is -2.41. The normalized spacial score (nSPS) is 18.0. The summed E-state index contributed by atoms with van der Waals surface area (Å²) in [6, 6.07) is -0.522. The van der Waals surface area contributed by atoms with Crippen molar-refractivity contribution >= 4 is 5.78 Å². The molecule has 0 fully saturated rings. The average molecular weight is 407 g/mol. The summed E-state index contributed by atoms with van der Waals surface area (Å²) >= 11 is 0. The van der Waals surface area contributed by atoms with Gasteiger partial charge in [0.1, 0.15) is 11.9 Å². The lowest BCUT2D eigenvalue weighted by atomic mass is 9.97. The number of carbonyl (C=O) groups is 1. The Bertz CT molecular complexity index is 896. The van der Waals surface area contributed by atoms with Gasteiger partial charge < -0.3 is 11.1 Å². The molecule has 0 saturated heterocycles. The summed E-state index contributed by atoms with van der Waals surface area (Å²) in [5, 5.41) is 9.35. The number of fused-ring (bicyclic) bond motifs is 1. The van der Waals surface area contributed by atoms with Crippen LogP contribution in [0.5, 0.6) is 0 Å². The van der Waals surface area contributed by atoms with E-state index in [1.807, 2.05) is 0 Å². The van der Waals surface area contributed by atoms with Crippen molar-refractivity contribution in [3.63, 3.8) is 0 Å². The first kappa shape index (κ1) is 20.3. The van der Waals surface area contributed by atoms with Crippen molar-refractivity contribution in [1.82, 2.24) is 20.1 Å². The van der Waals surface area contributed by atoms with Gasteiger partial charge in [0.05, 0.1) is 6.54 Å². The van der Waals surface area contributed by atoms with Gasteiger partial charge in [-0.05, 0) is 18.1 Å². The standard InChI is InChI=1S/C16H15F6N5O/c17-9-2-1-7(13(18)14(9)19)3-8(23)4-11(28)10-5-24-6-12-25-26-15(27(10)12)16(20,21)22/h1-2,8,10,24H,3-6,23H2/t8-,10?/m1/s1. The summed E-state index contributed by atoms with van der Waals surface area (Å²) in [4.78, 5) is 12.6. The van der Waals surface area contributed by atoms with E-state index < -0.39 is 53.7 Å². The number of alkyl halides is 3. The third-order valence-corrected chi connectivity index (χ3v) is 4.38. The molecule has 1 unspecified atom stereocenters. The number of hydrogen-bond donors (Lipinski definition) is 2. The number of carbonyl (C=O) groups excluding carboxylic acids is 1. The van der Waals surface area contributed by atoms with Gasteiger partial charge in [-0.3, -0.25) is 9.36 Å². The molecule has 28 heavy (non-hydrogen) atoms. The molecule has 3 rings (SSSR count). The van der Waals surface area contributed by atoms with E-state index in [9.17, 15) is 31.1 Å². The second-order valence-electron chi connectivity index (χ2n) is 6.42. The van der Waals surface area contributed by atoms with Crippen LogP contribution in [0.1, 0.15) is 29.7 Å². The van der Waals surface area contributed by atoms with Crippen LogP contribution in [-0.2, 0) is 23.9 Å². The Kier molecular flexibility index (Phi) is 5.44. The Balaban J connectivity index is 1.76. The minimum absolute atomic E-state index is 0.0129. The molecule has 0 bridgehead atoms. The maximum atomic E-state index is 13.7. The van der Waals surface area contributed by atoms with Crippen LogP contribution < -0.4 is 11.1 Å². The third kappa shape index (κ3) is 3.87. The zero-order valence-corrected chi connectivity index (χ0v) is 14.2. The number of nitrogens with zero attached hydrogens (tertiary/aromatic N) is 3. The zero-order valence-electron chi connectivity index (χ0n) is 14.2. The van der Waals surface area contributed by atoms with Crippen LogP contribution >= 0.6 is 0 Å². The maximum absolute atomic E-state index is 13.7. The summed E-state index contributed by atoms with van der Waals surface area (Å²) in [6.07, 6.45) is -5.49. The molecule has 2 heterocycles. The first-order chi connectivity index (χ1) is 13.1. The second-order valence-corrected chi connectivity index (χ2v) is 6.42. The van der Waals surface area contributed by atoms with Crippen LogP contribution in [0, 0.1) is 17.5 Å². The predicted octanol–water partition coefficient (Wildman–Crippen LogP) is 1.89. The summed E-state index contributed by atoms with van der Waals surface area (Å²) in [5.41, 5.74) is 5.57. The predicted molar refractivity (Wildman–Crippen MR) is 83.4 cm³/mol. The monoisotopic (exact) mass is 407 g/mol. The number of benzene rings is 1. The summed E-state index contributed by atoms with van der Waals surface area (Å²) in [5.74, 6) is -6.41. The molecule has 2 atom stereocenters. The summed E-state index contributed by atoms with van der Waals surface area (Å²) in [7, 11) is 0. The number of aromatic nitrogens is 3. The molecule has 0 radical (unpaired) electrons. The van der Waals surface area contributed by atoms with Crippen molar-refractivity contribution in [2.45, 2.75) is 37.6 Å². The van der Waals surface area contributed by atoms with Crippen molar-refractivity contribution in [3.05, 3.63) is 46.8 Å². The van der Waals surface area contributed by atoms with Gasteiger partial charge in [0.2, 0.25) is 5.82 Å². The molecule has 1 aromatic heterocycles. The van der Waals surface area contributed by atoms with E-state index in [-0.39, 0.29) is 30.9 Å². The minimum atomic E-state index is -4.79. The molecule has 1 aromatic carbocycles. The molecule has 2 aromatic rings. The smallest absolute Gasteiger partial charge is 0.327 e. The number of rotatable bonds is 5. The lowest BCUT2D eigenvalue weighted by Gasteiger charge is -2.27. The Morgan fingerprint density at radius 3 is 2.64 bits per heavy atom. The molecular weight excluding hydrogens is 392 g/mol. The van der Waals surface area contributed by atoms with Crippen molar-refractivity contribution in [1.29, 1.82) is 0 Å². The molecule has 152 valence electrons. The van der Waals surface area contributed by atoms with E-state index in [4.69, 9.17) is 5.73 Å². The molecule has 12 heteroatoms. The summed E-state index contributed by atoms with van der Waals surface area (Å²) in [6.45, 7) is -0.0712. The highest BCUT2D eigenvalue weighted by molar-refractivity contribution is 5.83. The van der Waals surface area contributed by atoms with Crippen LogP contribution in [0.3, 0.4) is 0 Å². The molecular formula is C16H15F6N5O. The van der Waals surface area contributed by atoms with Crippen LogP contribution in [0.25, 0.3) is 0 Å². The molecule has 0 saturated carbocycles. The number of nitrogens with two attached hydrogens (primary N) is 1. The zero-order chi connectivity index (χ0) is 20.6. The van der Waals surface area contributed by atoms with Gasteiger partial charge in [-0.25, -0.2) is 13.2 Å². The Hall–Kier alpha value is -2.47. The fourth-order valence-electron chi connectivity index (χ4n) is 3.11. The summed E-state index contributed by atoms with van der Waals surface area (Å²) < 4.78 is 80.1. The molecule has 0 aliphatic carbocycles. The van der Waals surface area contributed by atoms with Crippen LogP contribution in [0.4, 0.5) is 26.3 Å². The highest BCUT2D eigenvalue weighted by Crippen LogP contribution is 2.32. The SMILES string of the molecule is N[C@@H](CC(=O)C1CNCc2nnc(C(F)(F)F)n21)Cc1ccc(F)c(F)c1F. The largest absolute Gasteiger partial charge is 0.451 e. The van der Waals surface area contributed by atoms with E-state index >= 15 is 0 Å². The fraction of sp³-hybridized carbons (Fsp3) is 0.438. The molecule has 1 aliphatic rings. The van der Waals surface area contributed by atoms with Crippen molar-refractivity contribution < 1.29 is 31.1 Å². The molecule has 0 amide bonds. The molecule has 3 N–H and O–H groups in total. The number of hydrogen-bond acceptors (Lipinski definition) is 5. The van der Waals surface area contributed by atoms with Crippen LogP contribution in [-0.4, -0.2) is 33.1 Å². The van der Waals surface area contributed by atoms with Gasteiger partial charge in [-0.1, -0.05) is 6.07 Å². The quantitative estimate of drug-likeness (QED) is 0.584. The fourth-order valence-corrected chi connectivity index (χ4v) is 3.11. The molecule has 0 spiro atoms. The van der Waals surface area contributed by atoms with E-state index in [0.717, 1.165) is 16.7 Å². The van der Waals surface area contributed by atoms with E-state index in [0.29, 0.717) is 0 Å². The topological polar surface area (TPSA) is 85.8 Å². The maximum Gasteiger partial charge on any atom is 0.451 e. The number of nitrogens with one attached hydrogen (secondary N) is 1. The van der Waals surface area contributed by atoms with Gasteiger partial charge in [0.25, 0.3) is 0 Å². The van der Waals surface area contributed by atoms with Crippen molar-refractivity contribution in [2.24, 2.45) is 5.73 Å². The Morgan fingerprint density at radius 2 is 1.96 bits per heavy atom. The first-order valence-corrected chi connectivity index (χ1v) is 8.22. The van der Waals surface area contributed by atoms with Gasteiger partial charge in [-0.2, -0.15) is 13.2 Å². The number of Topliss-reactive ketones (excluding diaryl/α,β-unsaturated/α-hetero) is 1. The Morgan fingerprint density at radius 1 is 1.25 bits per heavy atom. The van der Waals surface area contributed by atoms with E-state index in [1.165, 1.54) is 0 Å². The van der Waals surface area contributed by atoms with E-state index in [1.54, 1.807) is 0 Å². The van der Waals surface area contributed by atoms with Crippen LogP contribution in [0.2, 0.25) is 0 Å². The highest BCUT2D eigenvalue weighted by atomic mass is 19.4. The van der Waals surface area contributed by atoms with Crippen molar-refractivity contribution in [2.75, 3.05) is 6.54 Å². The highest BCUT2D eigenvalue weighted by Gasteiger charge is 2.42. The number of halogens is 6. The minimum Gasteiger partial charge on any atom is -0.327 e. The van der Waals surface area contributed by atoms with Gasteiger partial charge in [0.15, 0.2) is 23.2 Å². The lowest BCUT2D eigenvalue weighted by molar-refractivity contribution is -0.149. The first-order valence-electron chi connectivity index (χ1n) is 8.22. The molecule has 1 aliphatic heterocycles. The average Bonchev–Trinajstić information content (AvgIpc) is 3.06. The van der Waals surface area contributed by atoms with Gasteiger partial charge >= 0.3 is 6.18 Å². The van der Waals surface area contributed by atoms with Crippen LogP contribution in [0.15, 0.2) is 12.1 Å². The van der Waals surface area contributed by atoms with Gasteiger partial charge in [-0.15, -0.1) is 10.2 Å². The number of ketones is 1. The molecule has 6 nitrogen and oxygen atoms in total. The second kappa shape index (κ2) is 7.51. The third-order valence-electron chi connectivity index (χ3n) is 4.38. The van der Waals surface area contributed by atoms with E-state index in [2.05, 4.69) is 15.5 Å². The van der Waals surface area contributed by atoms with Crippen molar-refractivity contribution in [3.8, 4) is 0 Å². The van der Waals surface area contributed by atoms with Gasteiger partial charge in [0, 0.05) is 19.0 Å². The Labute approximate surface area is 154 Å².